The molecule has 0 amide bonds. The van der Waals surface area contributed by atoms with E-state index in [2.05, 4.69) is 52.1 Å². The van der Waals surface area contributed by atoms with Crippen molar-refractivity contribution in [2.24, 2.45) is 5.92 Å². The van der Waals surface area contributed by atoms with Gasteiger partial charge in [-0.05, 0) is 56.0 Å². The number of aryl methyl sites for hydroxylation is 3. The van der Waals surface area contributed by atoms with Crippen molar-refractivity contribution in [1.29, 1.82) is 0 Å². The molecule has 1 N–H and O–H groups in total. The fraction of sp³-hybridized carbons (Fsp3) is 0.625. The van der Waals surface area contributed by atoms with Crippen molar-refractivity contribution in [3.05, 3.63) is 34.4 Å². The van der Waals surface area contributed by atoms with Gasteiger partial charge in [0.15, 0.2) is 0 Å². The van der Waals surface area contributed by atoms with Crippen molar-refractivity contribution < 1.29 is 4.74 Å². The molecule has 0 saturated heterocycles. The summed E-state index contributed by atoms with van der Waals surface area (Å²) in [5.74, 6) is 0.480. The number of nitrogens with one attached hydrogen (secondary N) is 1. The summed E-state index contributed by atoms with van der Waals surface area (Å²) in [7, 11) is 3.80. The monoisotopic (exact) mass is 249 g/mol. The normalized spacial score (nSPS) is 14.9. The molecule has 0 aliphatic rings. The minimum atomic E-state index is 0.191. The van der Waals surface area contributed by atoms with E-state index in [1.54, 1.807) is 7.11 Å². The van der Waals surface area contributed by atoms with Crippen LogP contribution < -0.4 is 5.32 Å². The highest BCUT2D eigenvalue weighted by atomic mass is 16.5. The Morgan fingerprint density at radius 2 is 1.56 bits per heavy atom. The lowest BCUT2D eigenvalue weighted by Gasteiger charge is -2.30. The first-order chi connectivity index (χ1) is 8.42. The van der Waals surface area contributed by atoms with Crippen LogP contribution in [0, 0.1) is 26.7 Å². The lowest BCUT2D eigenvalue weighted by atomic mass is 9.89. The van der Waals surface area contributed by atoms with Crippen LogP contribution in [0.1, 0.15) is 42.1 Å². The van der Waals surface area contributed by atoms with Crippen LogP contribution in [0.25, 0.3) is 0 Å². The topological polar surface area (TPSA) is 21.3 Å². The fourth-order valence-corrected chi connectivity index (χ4v) is 2.61. The van der Waals surface area contributed by atoms with Crippen LogP contribution in [0.3, 0.4) is 0 Å². The first-order valence-corrected chi connectivity index (χ1v) is 6.70. The van der Waals surface area contributed by atoms with Gasteiger partial charge < -0.3 is 10.1 Å². The molecule has 0 fully saturated rings. The molecule has 2 unspecified atom stereocenters. The zero-order valence-corrected chi connectivity index (χ0v) is 12.8. The van der Waals surface area contributed by atoms with Gasteiger partial charge in [-0.25, -0.2) is 0 Å². The van der Waals surface area contributed by atoms with Crippen LogP contribution in [0.4, 0.5) is 0 Å². The van der Waals surface area contributed by atoms with Crippen molar-refractivity contribution in [2.45, 2.75) is 46.8 Å². The first kappa shape index (κ1) is 15.2. The molecule has 0 aliphatic carbocycles. The van der Waals surface area contributed by atoms with Crippen molar-refractivity contribution in [3.8, 4) is 0 Å². The van der Waals surface area contributed by atoms with Gasteiger partial charge >= 0.3 is 0 Å². The Balaban J connectivity index is 3.20. The Morgan fingerprint density at radius 1 is 1.00 bits per heavy atom. The third-order valence-electron chi connectivity index (χ3n) is 3.79. The molecule has 2 atom stereocenters. The number of hydrogen-bond acceptors (Lipinski definition) is 2. The molecule has 1 aromatic carbocycles. The molecule has 0 spiro atoms. The van der Waals surface area contributed by atoms with E-state index in [-0.39, 0.29) is 12.1 Å². The molecule has 0 saturated carbocycles. The van der Waals surface area contributed by atoms with E-state index in [1.807, 2.05) is 7.05 Å². The molecule has 0 aliphatic heterocycles. The number of rotatable bonds is 5. The molecule has 0 aromatic heterocycles. The second kappa shape index (κ2) is 6.35. The summed E-state index contributed by atoms with van der Waals surface area (Å²) in [6, 6.07) is 4.80. The zero-order chi connectivity index (χ0) is 13.9. The molecule has 102 valence electrons. The Hall–Kier alpha value is -0.860. The SMILES string of the molecule is CNC(c1cc(C)c(C)cc1C)C(OC)C(C)C. The Morgan fingerprint density at radius 3 is 2.00 bits per heavy atom. The Bertz CT molecular complexity index is 398. The summed E-state index contributed by atoms with van der Waals surface area (Å²) >= 11 is 0. The van der Waals surface area contributed by atoms with Crippen molar-refractivity contribution in [1.82, 2.24) is 5.32 Å². The van der Waals surface area contributed by atoms with Gasteiger partial charge in [0.2, 0.25) is 0 Å². The summed E-state index contributed by atoms with van der Waals surface area (Å²) in [5, 5.41) is 3.41. The maximum absolute atomic E-state index is 5.68. The third-order valence-corrected chi connectivity index (χ3v) is 3.79. The fourth-order valence-electron chi connectivity index (χ4n) is 2.61. The van der Waals surface area contributed by atoms with Gasteiger partial charge in [-0.1, -0.05) is 26.0 Å². The van der Waals surface area contributed by atoms with Crippen LogP contribution >= 0.6 is 0 Å². The number of likely N-dealkylation sites (N-methyl/N-ethyl adjacent to an activating group) is 1. The lowest BCUT2D eigenvalue weighted by Crippen LogP contribution is -2.35. The van der Waals surface area contributed by atoms with Gasteiger partial charge in [-0.2, -0.15) is 0 Å². The van der Waals surface area contributed by atoms with E-state index >= 15 is 0 Å². The molecular formula is C16H27NO. The maximum Gasteiger partial charge on any atom is 0.0788 e. The minimum Gasteiger partial charge on any atom is -0.379 e. The summed E-state index contributed by atoms with van der Waals surface area (Å²) < 4.78 is 5.68. The van der Waals surface area contributed by atoms with Gasteiger partial charge in [-0.15, -0.1) is 0 Å². The van der Waals surface area contributed by atoms with E-state index in [0.29, 0.717) is 5.92 Å². The molecule has 1 aromatic rings. The number of benzene rings is 1. The molecular weight excluding hydrogens is 222 g/mol. The molecule has 2 heteroatoms. The van der Waals surface area contributed by atoms with E-state index in [4.69, 9.17) is 4.74 Å². The highest BCUT2D eigenvalue weighted by Gasteiger charge is 2.25. The van der Waals surface area contributed by atoms with Gasteiger partial charge in [0, 0.05) is 7.11 Å². The van der Waals surface area contributed by atoms with Gasteiger partial charge in [0.1, 0.15) is 0 Å². The second-order valence-electron chi connectivity index (χ2n) is 5.50. The van der Waals surface area contributed by atoms with E-state index < -0.39 is 0 Å². The highest BCUT2D eigenvalue weighted by molar-refractivity contribution is 5.38. The van der Waals surface area contributed by atoms with Crippen LogP contribution in [0.15, 0.2) is 12.1 Å². The first-order valence-electron chi connectivity index (χ1n) is 6.70. The molecule has 2 nitrogen and oxygen atoms in total. The second-order valence-corrected chi connectivity index (χ2v) is 5.50. The number of hydrogen-bond donors (Lipinski definition) is 1. The average Bonchev–Trinajstić information content (AvgIpc) is 2.30. The molecule has 0 heterocycles. The zero-order valence-electron chi connectivity index (χ0n) is 12.8. The van der Waals surface area contributed by atoms with Crippen LogP contribution in [-0.4, -0.2) is 20.3 Å². The lowest BCUT2D eigenvalue weighted by molar-refractivity contribution is 0.0346. The molecule has 0 bridgehead atoms. The third kappa shape index (κ3) is 3.12. The molecule has 1 rings (SSSR count). The van der Waals surface area contributed by atoms with Crippen molar-refractivity contribution in [2.75, 3.05) is 14.2 Å². The highest BCUT2D eigenvalue weighted by Crippen LogP contribution is 2.28. The van der Waals surface area contributed by atoms with Gasteiger partial charge in [-0.3, -0.25) is 0 Å². The van der Waals surface area contributed by atoms with Gasteiger partial charge in [0.25, 0.3) is 0 Å². The van der Waals surface area contributed by atoms with Crippen molar-refractivity contribution >= 4 is 0 Å². The minimum absolute atomic E-state index is 0.191. The van der Waals surface area contributed by atoms with Crippen LogP contribution in [-0.2, 0) is 4.74 Å². The summed E-state index contributed by atoms with van der Waals surface area (Å²) in [4.78, 5) is 0. The predicted octanol–water partition coefficient (Wildman–Crippen LogP) is 3.54. The Labute approximate surface area is 112 Å². The standard InChI is InChI=1S/C16H27NO/c1-10(2)16(18-7)15(17-6)14-9-12(4)11(3)8-13(14)5/h8-10,15-17H,1-7H3. The largest absolute Gasteiger partial charge is 0.379 e. The quantitative estimate of drug-likeness (QED) is 0.861. The smallest absolute Gasteiger partial charge is 0.0788 e. The predicted molar refractivity (Wildman–Crippen MR) is 78.1 cm³/mol. The van der Waals surface area contributed by atoms with E-state index in [1.165, 1.54) is 22.3 Å². The van der Waals surface area contributed by atoms with Crippen LogP contribution in [0.2, 0.25) is 0 Å². The number of methoxy groups -OCH3 is 1. The van der Waals surface area contributed by atoms with E-state index in [0.717, 1.165) is 0 Å². The maximum atomic E-state index is 5.68. The van der Waals surface area contributed by atoms with Crippen LogP contribution in [0.5, 0.6) is 0 Å². The number of ether oxygens (including phenoxy) is 1. The summed E-state index contributed by atoms with van der Waals surface area (Å²) in [5.41, 5.74) is 5.38. The molecule has 18 heavy (non-hydrogen) atoms. The van der Waals surface area contributed by atoms with Crippen molar-refractivity contribution in [3.63, 3.8) is 0 Å². The summed E-state index contributed by atoms with van der Waals surface area (Å²) in [6.45, 7) is 10.9. The molecule has 0 radical (unpaired) electrons. The summed E-state index contributed by atoms with van der Waals surface area (Å²) in [6.07, 6.45) is 0.191. The Kier molecular flexibility index (Phi) is 5.36. The van der Waals surface area contributed by atoms with E-state index in [9.17, 15) is 0 Å². The van der Waals surface area contributed by atoms with Gasteiger partial charge in [0.05, 0.1) is 12.1 Å². The average molecular weight is 249 g/mol.